The number of nitrogens with one attached hydrogen (secondary N) is 1. The van der Waals surface area contributed by atoms with Crippen molar-refractivity contribution in [1.82, 2.24) is 19.6 Å². The molecular formula is C18H18F2N4OS. The van der Waals surface area contributed by atoms with E-state index in [-0.39, 0.29) is 24.1 Å². The molecule has 0 saturated carbocycles. The van der Waals surface area contributed by atoms with E-state index < -0.39 is 11.6 Å². The van der Waals surface area contributed by atoms with E-state index in [2.05, 4.69) is 10.3 Å². The lowest BCUT2D eigenvalue weighted by molar-refractivity contribution is 0.0903. The minimum atomic E-state index is -0.530. The molecule has 3 heterocycles. The van der Waals surface area contributed by atoms with E-state index in [1.807, 2.05) is 9.30 Å². The van der Waals surface area contributed by atoms with Crippen LogP contribution in [0.25, 0.3) is 4.96 Å². The van der Waals surface area contributed by atoms with Crippen molar-refractivity contribution in [2.24, 2.45) is 0 Å². The van der Waals surface area contributed by atoms with Crippen LogP contribution in [0.5, 0.6) is 0 Å². The van der Waals surface area contributed by atoms with Crippen molar-refractivity contribution in [3.63, 3.8) is 0 Å². The number of carbonyl (C=O) groups is 1. The Morgan fingerprint density at radius 2 is 2.15 bits per heavy atom. The van der Waals surface area contributed by atoms with Gasteiger partial charge >= 0.3 is 0 Å². The Balaban J connectivity index is 1.40. The Bertz CT molecular complexity index is 890. The molecule has 1 aliphatic rings. The van der Waals surface area contributed by atoms with Crippen molar-refractivity contribution in [1.29, 1.82) is 0 Å². The van der Waals surface area contributed by atoms with E-state index >= 15 is 0 Å². The van der Waals surface area contributed by atoms with E-state index in [0.29, 0.717) is 11.4 Å². The summed E-state index contributed by atoms with van der Waals surface area (Å²) >= 11 is 1.33. The Morgan fingerprint density at radius 3 is 2.92 bits per heavy atom. The van der Waals surface area contributed by atoms with Gasteiger partial charge in [0.2, 0.25) is 0 Å². The maximum Gasteiger partial charge on any atom is 0.263 e. The van der Waals surface area contributed by atoms with Crippen molar-refractivity contribution >= 4 is 22.2 Å². The number of thiazole rings is 1. The Hall–Kier alpha value is -2.32. The number of hydrogen-bond acceptors (Lipinski definition) is 4. The zero-order chi connectivity index (χ0) is 18.1. The highest BCUT2D eigenvalue weighted by Crippen LogP contribution is 2.20. The van der Waals surface area contributed by atoms with E-state index in [4.69, 9.17) is 0 Å². The standard InChI is InChI=1S/C18H18F2N4OS/c19-14-4-1-5-15(20)13(14)10-23-7-2-3-12(9-23)22-17(25)16-11-24-8-6-21-18(24)26-16/h1,4-6,8,11-12H,2-3,7,9-10H2,(H,22,25). The molecule has 1 amide bonds. The third-order valence-corrected chi connectivity index (χ3v) is 5.61. The average Bonchev–Trinajstić information content (AvgIpc) is 3.20. The van der Waals surface area contributed by atoms with Crippen molar-refractivity contribution < 1.29 is 13.6 Å². The minimum Gasteiger partial charge on any atom is -0.347 e. The second-order valence-corrected chi connectivity index (χ2v) is 7.47. The molecule has 136 valence electrons. The molecule has 0 aliphatic carbocycles. The molecule has 1 unspecified atom stereocenters. The van der Waals surface area contributed by atoms with Gasteiger partial charge in [-0.05, 0) is 31.5 Å². The maximum atomic E-state index is 13.9. The number of rotatable bonds is 4. The molecule has 1 fully saturated rings. The summed E-state index contributed by atoms with van der Waals surface area (Å²) in [5, 5.41) is 3.03. The maximum absolute atomic E-state index is 13.9. The monoisotopic (exact) mass is 376 g/mol. The summed E-state index contributed by atoms with van der Waals surface area (Å²) in [4.78, 5) is 20.0. The highest BCUT2D eigenvalue weighted by Gasteiger charge is 2.24. The van der Waals surface area contributed by atoms with Gasteiger partial charge < -0.3 is 5.32 Å². The van der Waals surface area contributed by atoms with Crippen LogP contribution in [-0.4, -0.2) is 39.3 Å². The molecular weight excluding hydrogens is 358 g/mol. The first kappa shape index (κ1) is 17.1. The highest BCUT2D eigenvalue weighted by molar-refractivity contribution is 7.18. The summed E-state index contributed by atoms with van der Waals surface area (Å²) < 4.78 is 29.5. The fourth-order valence-electron chi connectivity index (χ4n) is 3.31. The topological polar surface area (TPSA) is 49.6 Å². The lowest BCUT2D eigenvalue weighted by atomic mass is 10.0. The van der Waals surface area contributed by atoms with Crippen LogP contribution in [0, 0.1) is 11.6 Å². The third kappa shape index (κ3) is 3.47. The fraction of sp³-hybridized carbons (Fsp3) is 0.333. The van der Waals surface area contributed by atoms with Crippen LogP contribution in [-0.2, 0) is 6.54 Å². The summed E-state index contributed by atoms with van der Waals surface area (Å²) in [6, 6.07) is 3.87. The van der Waals surface area contributed by atoms with Gasteiger partial charge in [0.05, 0.1) is 0 Å². The molecule has 2 aromatic heterocycles. The van der Waals surface area contributed by atoms with Crippen LogP contribution in [0.3, 0.4) is 0 Å². The number of likely N-dealkylation sites (tertiary alicyclic amines) is 1. The number of amides is 1. The van der Waals surface area contributed by atoms with Crippen LogP contribution in [0.1, 0.15) is 28.1 Å². The number of fused-ring (bicyclic) bond motifs is 1. The second kappa shape index (κ2) is 7.13. The Morgan fingerprint density at radius 1 is 1.35 bits per heavy atom. The Labute approximate surface area is 153 Å². The molecule has 3 aromatic rings. The summed E-state index contributed by atoms with van der Waals surface area (Å²) in [5.41, 5.74) is 0.0824. The second-order valence-electron chi connectivity index (χ2n) is 6.46. The van der Waals surface area contributed by atoms with Crippen LogP contribution in [0.15, 0.2) is 36.8 Å². The van der Waals surface area contributed by atoms with E-state index in [1.54, 1.807) is 18.6 Å². The van der Waals surface area contributed by atoms with Gasteiger partial charge in [0.25, 0.3) is 5.91 Å². The smallest absolute Gasteiger partial charge is 0.263 e. The third-order valence-electron chi connectivity index (χ3n) is 4.60. The minimum absolute atomic E-state index is 0.0412. The summed E-state index contributed by atoms with van der Waals surface area (Å²) in [7, 11) is 0. The highest BCUT2D eigenvalue weighted by atomic mass is 32.1. The lowest BCUT2D eigenvalue weighted by Gasteiger charge is -2.33. The number of benzene rings is 1. The van der Waals surface area contributed by atoms with E-state index in [0.717, 1.165) is 24.3 Å². The summed E-state index contributed by atoms with van der Waals surface area (Å²) in [6.07, 6.45) is 6.97. The molecule has 1 saturated heterocycles. The van der Waals surface area contributed by atoms with Crippen LogP contribution in [0.4, 0.5) is 8.78 Å². The number of halogens is 2. The largest absolute Gasteiger partial charge is 0.347 e. The van der Waals surface area contributed by atoms with E-state index in [9.17, 15) is 13.6 Å². The van der Waals surface area contributed by atoms with Crippen molar-refractivity contribution in [3.8, 4) is 0 Å². The number of imidazole rings is 1. The van der Waals surface area contributed by atoms with Gasteiger partial charge in [0, 0.05) is 43.3 Å². The molecule has 5 nitrogen and oxygen atoms in total. The van der Waals surface area contributed by atoms with Crippen molar-refractivity contribution in [2.75, 3.05) is 13.1 Å². The number of piperidine rings is 1. The molecule has 8 heteroatoms. The Kier molecular flexibility index (Phi) is 4.69. The summed E-state index contributed by atoms with van der Waals surface area (Å²) in [6.45, 7) is 1.53. The molecule has 0 bridgehead atoms. The average molecular weight is 376 g/mol. The summed E-state index contributed by atoms with van der Waals surface area (Å²) in [5.74, 6) is -1.19. The zero-order valence-corrected chi connectivity index (χ0v) is 14.8. The van der Waals surface area contributed by atoms with Gasteiger partial charge in [0.15, 0.2) is 4.96 Å². The normalized spacial score (nSPS) is 18.3. The number of nitrogens with zero attached hydrogens (tertiary/aromatic N) is 3. The molecule has 26 heavy (non-hydrogen) atoms. The molecule has 1 N–H and O–H groups in total. The molecule has 1 aliphatic heterocycles. The van der Waals surface area contributed by atoms with Crippen molar-refractivity contribution in [3.05, 3.63) is 58.9 Å². The molecule has 1 aromatic carbocycles. The van der Waals surface area contributed by atoms with Gasteiger partial charge in [-0.25, -0.2) is 13.8 Å². The first-order chi connectivity index (χ1) is 12.6. The fourth-order valence-corrected chi connectivity index (χ4v) is 4.16. The van der Waals surface area contributed by atoms with Gasteiger partial charge in [0.1, 0.15) is 16.5 Å². The molecule has 1 atom stereocenters. The molecule has 0 spiro atoms. The SMILES string of the molecule is O=C(NC1CCCN(Cc2c(F)cccc2F)C1)c1cn2ccnc2s1. The number of carbonyl (C=O) groups excluding carboxylic acids is 1. The van der Waals surface area contributed by atoms with Crippen LogP contribution >= 0.6 is 11.3 Å². The first-order valence-electron chi connectivity index (χ1n) is 8.49. The zero-order valence-electron chi connectivity index (χ0n) is 14.0. The molecule has 4 rings (SSSR count). The quantitative estimate of drug-likeness (QED) is 0.761. The van der Waals surface area contributed by atoms with Crippen molar-refractivity contribution in [2.45, 2.75) is 25.4 Å². The van der Waals surface area contributed by atoms with Gasteiger partial charge in [-0.1, -0.05) is 17.4 Å². The van der Waals surface area contributed by atoms with E-state index in [1.165, 1.54) is 29.5 Å². The number of aromatic nitrogens is 2. The lowest BCUT2D eigenvalue weighted by Crippen LogP contribution is -2.47. The predicted molar refractivity (Wildman–Crippen MR) is 95.2 cm³/mol. The van der Waals surface area contributed by atoms with Crippen LogP contribution < -0.4 is 5.32 Å². The predicted octanol–water partition coefficient (Wildman–Crippen LogP) is 3.07. The van der Waals surface area contributed by atoms with Gasteiger partial charge in [-0.15, -0.1) is 0 Å². The van der Waals surface area contributed by atoms with Crippen LogP contribution in [0.2, 0.25) is 0 Å². The van der Waals surface area contributed by atoms with Gasteiger partial charge in [-0.3, -0.25) is 14.1 Å². The first-order valence-corrected chi connectivity index (χ1v) is 9.30. The number of hydrogen-bond donors (Lipinski definition) is 1. The molecule has 0 radical (unpaired) electrons. The van der Waals surface area contributed by atoms with Gasteiger partial charge in [-0.2, -0.15) is 0 Å².